The maximum atomic E-state index is 14.8. The molecule has 0 radical (unpaired) electrons. The molecule has 64 heavy (non-hydrogen) atoms. The lowest BCUT2D eigenvalue weighted by Gasteiger charge is -2.42. The van der Waals surface area contributed by atoms with Gasteiger partial charge in [-0.1, -0.05) is 25.3 Å². The minimum Gasteiger partial charge on any atom is -0.364 e. The van der Waals surface area contributed by atoms with Crippen molar-refractivity contribution in [2.45, 2.75) is 108 Å². The normalized spacial score (nSPS) is 22.3. The number of benzene rings is 1. The molecule has 342 valence electrons. The molecule has 3 saturated heterocycles. The first-order chi connectivity index (χ1) is 30.6. The van der Waals surface area contributed by atoms with Gasteiger partial charge in [-0.25, -0.2) is 31.9 Å². The first kappa shape index (κ1) is 43.5. The van der Waals surface area contributed by atoms with Crippen molar-refractivity contribution in [3.63, 3.8) is 0 Å². The van der Waals surface area contributed by atoms with Crippen LogP contribution in [0.3, 0.4) is 0 Å². The molecule has 2 unspecified atom stereocenters. The summed E-state index contributed by atoms with van der Waals surface area (Å²) in [5.74, 6) is -3.49. The van der Waals surface area contributed by atoms with Crippen molar-refractivity contribution in [2.24, 2.45) is 12.5 Å². The number of anilines is 3. The summed E-state index contributed by atoms with van der Waals surface area (Å²) in [6, 6.07) is 5.49. The zero-order valence-electron chi connectivity index (χ0n) is 36.3. The second kappa shape index (κ2) is 17.0. The van der Waals surface area contributed by atoms with E-state index in [4.69, 9.17) is 4.98 Å². The van der Waals surface area contributed by atoms with E-state index in [2.05, 4.69) is 25.7 Å². The number of carbonyl (C=O) groups is 3. The van der Waals surface area contributed by atoms with Crippen LogP contribution >= 0.6 is 0 Å². The van der Waals surface area contributed by atoms with Crippen LogP contribution in [0.25, 0.3) is 16.7 Å². The summed E-state index contributed by atoms with van der Waals surface area (Å²) in [6.07, 6.45) is 12.8. The van der Waals surface area contributed by atoms with Gasteiger partial charge >= 0.3 is 5.69 Å². The number of amides is 3. The quantitative estimate of drug-likeness (QED) is 0.138. The van der Waals surface area contributed by atoms with Crippen molar-refractivity contribution in [1.82, 2.24) is 43.7 Å². The smallest absolute Gasteiger partial charge is 0.329 e. The fourth-order valence-electron chi connectivity index (χ4n) is 10.1. The number of imide groups is 1. The highest BCUT2D eigenvalue weighted by Gasteiger charge is 2.47. The lowest BCUT2D eigenvalue weighted by Crippen LogP contribution is -2.56. The van der Waals surface area contributed by atoms with Crippen LogP contribution in [-0.4, -0.2) is 108 Å². The Labute approximate surface area is 366 Å². The fourth-order valence-corrected chi connectivity index (χ4v) is 10.1. The summed E-state index contributed by atoms with van der Waals surface area (Å²) in [6.45, 7) is 1.88. The minimum atomic E-state index is -2.91. The third kappa shape index (κ3) is 8.24. The summed E-state index contributed by atoms with van der Waals surface area (Å²) in [5.41, 5.74) is 2.00. The molecule has 16 nitrogen and oxygen atoms in total. The van der Waals surface area contributed by atoms with Gasteiger partial charge in [-0.15, -0.1) is 0 Å². The third-order valence-corrected chi connectivity index (χ3v) is 14.0. The summed E-state index contributed by atoms with van der Waals surface area (Å²) in [5, 5.41) is 13.3. The number of hydrogen-bond acceptors (Lipinski definition) is 10. The number of para-hydroxylation sites is 1. The van der Waals surface area contributed by atoms with Gasteiger partial charge < -0.3 is 20.0 Å². The number of fused-ring (bicyclic) bond motifs is 2. The molecule has 7 heterocycles. The molecule has 2 N–H and O–H groups in total. The van der Waals surface area contributed by atoms with E-state index in [1.165, 1.54) is 41.0 Å². The monoisotopic (exact) mass is 890 g/mol. The van der Waals surface area contributed by atoms with Gasteiger partial charge in [-0.3, -0.25) is 33.5 Å². The van der Waals surface area contributed by atoms with Gasteiger partial charge in [-0.2, -0.15) is 10.2 Å². The van der Waals surface area contributed by atoms with E-state index >= 15 is 0 Å². The zero-order chi connectivity index (χ0) is 45.1. The number of carbonyl (C=O) groups excluding carboxylic acids is 3. The van der Waals surface area contributed by atoms with Gasteiger partial charge in [0, 0.05) is 45.5 Å². The van der Waals surface area contributed by atoms with Crippen LogP contribution in [0.15, 0.2) is 47.7 Å². The Morgan fingerprint density at radius 2 is 1.70 bits per heavy atom. The van der Waals surface area contributed by atoms with Crippen molar-refractivity contribution in [3.05, 3.63) is 64.6 Å². The number of hydrogen-bond donors (Lipinski definition) is 2. The summed E-state index contributed by atoms with van der Waals surface area (Å²) >= 11 is 0. The van der Waals surface area contributed by atoms with E-state index in [-0.39, 0.29) is 42.5 Å². The molecule has 1 aromatic carbocycles. The highest BCUT2D eigenvalue weighted by molar-refractivity contribution is 6.08. The van der Waals surface area contributed by atoms with Gasteiger partial charge in [0.2, 0.25) is 11.8 Å². The Kier molecular flexibility index (Phi) is 11.5. The molecule has 1 spiro atoms. The third-order valence-electron chi connectivity index (χ3n) is 14.0. The Morgan fingerprint density at radius 1 is 0.953 bits per heavy atom. The first-order valence-electron chi connectivity index (χ1n) is 22.2. The molecule has 2 saturated carbocycles. The molecule has 20 heteroatoms. The summed E-state index contributed by atoms with van der Waals surface area (Å²) in [4.78, 5) is 60.1. The van der Waals surface area contributed by atoms with Crippen molar-refractivity contribution in [1.29, 1.82) is 0 Å². The number of nitrogens with one attached hydrogen (secondary N) is 2. The van der Waals surface area contributed by atoms with Crippen molar-refractivity contribution >= 4 is 51.6 Å². The molecule has 5 aliphatic rings. The topological polar surface area (TPSA) is 160 Å². The van der Waals surface area contributed by atoms with Gasteiger partial charge in [0.1, 0.15) is 17.4 Å². The summed E-state index contributed by atoms with van der Waals surface area (Å²) < 4.78 is 62.9. The molecular formula is C44H54F4N12O4. The number of nitrogens with zero attached hydrogens (tertiary/aromatic N) is 10. The predicted molar refractivity (Wildman–Crippen MR) is 231 cm³/mol. The molecule has 5 fully saturated rings. The van der Waals surface area contributed by atoms with Gasteiger partial charge in [0.25, 0.3) is 18.3 Å². The molecule has 2 aliphatic carbocycles. The second-order valence-corrected chi connectivity index (χ2v) is 18.3. The number of halogens is 4. The highest BCUT2D eigenvalue weighted by atomic mass is 19.3. The largest absolute Gasteiger partial charge is 0.364 e. The zero-order valence-corrected chi connectivity index (χ0v) is 36.3. The highest BCUT2D eigenvalue weighted by Crippen LogP contribution is 2.54. The average Bonchev–Trinajstić information content (AvgIpc) is 3.56. The molecule has 5 aromatic rings. The molecule has 3 amide bonds. The van der Waals surface area contributed by atoms with Crippen LogP contribution in [0.4, 0.5) is 34.8 Å². The van der Waals surface area contributed by atoms with Gasteiger partial charge in [0.15, 0.2) is 11.3 Å². The van der Waals surface area contributed by atoms with Crippen LogP contribution < -0.4 is 26.1 Å². The average molecular weight is 891 g/mol. The predicted octanol–water partition coefficient (Wildman–Crippen LogP) is 6.09. The van der Waals surface area contributed by atoms with E-state index in [9.17, 15) is 36.7 Å². The standard InChI is InChI=1S/C24H29F2N7O.C20H25F2N5O3/c25-21(26)20-18(15-33(30-20)16-4-2-1-3-5-16)28-23(34)17-14-27-32-11-6-19(29-22(17)32)31-12-9-24(7-8-24)10-13-31;1-24(2)15-9-10-26(11-20(15,21)22)12-5-4-6-13-17(12)25(3)19(30)27(13)14-7-8-16(28)23-18(14)29/h6,11,14-16,21H,1-5,7-10,12-13H2,(H,28,34);4-6,14-15H,7-11H2,1-3H3,(H,23,28,29). The lowest BCUT2D eigenvalue weighted by molar-refractivity contribution is -0.135. The van der Waals surface area contributed by atoms with Gasteiger partial charge in [-0.05, 0) is 89.1 Å². The Balaban J connectivity index is 0.000000163. The number of alkyl halides is 4. The van der Waals surface area contributed by atoms with Crippen LogP contribution in [0.1, 0.15) is 112 Å². The maximum absolute atomic E-state index is 14.8. The first-order valence-corrected chi connectivity index (χ1v) is 22.2. The molecule has 10 rings (SSSR count). The Hall–Kier alpha value is -5.79. The van der Waals surface area contributed by atoms with E-state index in [0.29, 0.717) is 34.3 Å². The molecule has 3 aliphatic heterocycles. The Morgan fingerprint density at radius 3 is 2.38 bits per heavy atom. The van der Waals surface area contributed by atoms with Crippen LogP contribution in [-0.2, 0) is 16.6 Å². The number of piperidine rings is 3. The van der Waals surface area contributed by atoms with Crippen molar-refractivity contribution in [3.8, 4) is 0 Å². The SMILES string of the molecule is CN(C)C1CCN(c2cccc3c2n(C)c(=O)n3C2CCC(=O)NC2=O)CC1(F)F.O=C(Nc1cn(C2CCCCC2)nc1C(F)F)c1cnn2ccc(N3CCC4(CC3)CC4)nc12. The van der Waals surface area contributed by atoms with Crippen molar-refractivity contribution < 1.29 is 31.9 Å². The Bertz CT molecular complexity index is 2630. The van der Waals surface area contributed by atoms with Gasteiger partial charge in [0.05, 0.1) is 47.2 Å². The number of rotatable bonds is 8. The summed E-state index contributed by atoms with van der Waals surface area (Å²) in [7, 11) is 4.87. The molecule has 2 atom stereocenters. The number of imidazole rings is 1. The van der Waals surface area contributed by atoms with Crippen LogP contribution in [0, 0.1) is 5.41 Å². The number of aromatic nitrogens is 7. The van der Waals surface area contributed by atoms with E-state index in [1.54, 1.807) is 70.7 Å². The molecule has 0 bridgehead atoms. The maximum Gasteiger partial charge on any atom is 0.329 e. The van der Waals surface area contributed by atoms with E-state index in [0.717, 1.165) is 51.0 Å². The van der Waals surface area contributed by atoms with Crippen molar-refractivity contribution in [2.75, 3.05) is 55.4 Å². The van der Waals surface area contributed by atoms with Crippen LogP contribution in [0.2, 0.25) is 0 Å². The lowest BCUT2D eigenvalue weighted by atomic mass is 9.94. The number of aryl methyl sites for hydroxylation is 1. The van der Waals surface area contributed by atoms with E-state index in [1.807, 2.05) is 6.07 Å². The molecular weight excluding hydrogens is 837 g/mol. The second-order valence-electron chi connectivity index (χ2n) is 18.3. The molecule has 4 aromatic heterocycles. The minimum absolute atomic E-state index is 0.0480. The van der Waals surface area contributed by atoms with E-state index < -0.39 is 54.2 Å². The fraction of sp³-hybridized carbons (Fsp3) is 0.568. The van der Waals surface area contributed by atoms with Crippen LogP contribution in [0.5, 0.6) is 0 Å².